The van der Waals surface area contributed by atoms with Crippen LogP contribution in [0.5, 0.6) is 5.75 Å². The predicted octanol–water partition coefficient (Wildman–Crippen LogP) is 5.74. The van der Waals surface area contributed by atoms with Crippen molar-refractivity contribution in [2.24, 2.45) is 4.99 Å². The molecule has 3 aromatic carbocycles. The summed E-state index contributed by atoms with van der Waals surface area (Å²) >= 11 is 1.21. The molecule has 1 amide bonds. The molecular formula is C35H32N4O6S. The van der Waals surface area contributed by atoms with E-state index in [1.165, 1.54) is 23.5 Å². The Morgan fingerprint density at radius 2 is 1.87 bits per heavy atom. The van der Waals surface area contributed by atoms with Crippen molar-refractivity contribution in [1.29, 1.82) is 0 Å². The quantitative estimate of drug-likeness (QED) is 0.158. The number of carbonyl (C=O) groups is 1. The van der Waals surface area contributed by atoms with Crippen LogP contribution in [-0.4, -0.2) is 40.5 Å². The van der Waals surface area contributed by atoms with Crippen LogP contribution in [0.25, 0.3) is 28.2 Å². The largest absolute Gasteiger partial charge is 0.496 e. The summed E-state index contributed by atoms with van der Waals surface area (Å²) in [7, 11) is 1.58. The highest BCUT2D eigenvalue weighted by atomic mass is 32.1. The molecule has 0 radical (unpaired) electrons. The molecule has 5 aromatic rings. The van der Waals surface area contributed by atoms with Gasteiger partial charge in [-0.2, -0.15) is 0 Å². The Morgan fingerprint density at radius 1 is 1.11 bits per heavy atom. The van der Waals surface area contributed by atoms with Gasteiger partial charge in [0.15, 0.2) is 4.80 Å². The van der Waals surface area contributed by atoms with Crippen LogP contribution in [0.2, 0.25) is 0 Å². The Labute approximate surface area is 268 Å². The lowest BCUT2D eigenvalue weighted by atomic mass is 9.90. The molecule has 6 rings (SSSR count). The van der Waals surface area contributed by atoms with Gasteiger partial charge in [0.2, 0.25) is 0 Å². The number of aromatic nitrogens is 1. The van der Waals surface area contributed by atoms with E-state index in [9.17, 15) is 19.7 Å². The van der Waals surface area contributed by atoms with E-state index in [1.807, 2.05) is 57.2 Å². The Morgan fingerprint density at radius 3 is 2.59 bits per heavy atom. The molecular weight excluding hydrogens is 604 g/mol. The molecule has 0 fully saturated rings. The van der Waals surface area contributed by atoms with Gasteiger partial charge in [0.05, 0.1) is 27.8 Å². The van der Waals surface area contributed by atoms with Gasteiger partial charge < -0.3 is 14.1 Å². The Kier molecular flexibility index (Phi) is 8.18. The predicted molar refractivity (Wildman–Crippen MR) is 178 cm³/mol. The molecule has 0 saturated heterocycles. The van der Waals surface area contributed by atoms with E-state index in [0.29, 0.717) is 62.1 Å². The number of hydrogen-bond acceptors (Lipinski definition) is 8. The van der Waals surface area contributed by atoms with Crippen molar-refractivity contribution in [3.8, 4) is 17.1 Å². The lowest BCUT2D eigenvalue weighted by Gasteiger charge is -2.30. The molecule has 11 heteroatoms. The van der Waals surface area contributed by atoms with Crippen LogP contribution in [0.1, 0.15) is 43.7 Å². The minimum Gasteiger partial charge on any atom is -0.496 e. The van der Waals surface area contributed by atoms with E-state index >= 15 is 0 Å². The van der Waals surface area contributed by atoms with Gasteiger partial charge >= 0.3 is 0 Å². The van der Waals surface area contributed by atoms with Crippen molar-refractivity contribution < 1.29 is 18.9 Å². The van der Waals surface area contributed by atoms with Crippen molar-refractivity contribution in [2.75, 3.05) is 20.2 Å². The maximum atomic E-state index is 14.3. The first-order valence-electron chi connectivity index (χ1n) is 14.9. The van der Waals surface area contributed by atoms with Crippen LogP contribution < -0.4 is 19.6 Å². The minimum atomic E-state index is -0.799. The molecule has 0 unspecified atom stereocenters. The van der Waals surface area contributed by atoms with E-state index < -0.39 is 11.0 Å². The molecule has 234 valence electrons. The van der Waals surface area contributed by atoms with Crippen LogP contribution in [0.4, 0.5) is 5.69 Å². The number of ether oxygens (including phenoxy) is 1. The highest BCUT2D eigenvalue weighted by molar-refractivity contribution is 7.07. The topological polar surface area (TPSA) is 120 Å². The molecule has 3 heterocycles. The molecule has 2 aromatic heterocycles. The highest BCUT2D eigenvalue weighted by Crippen LogP contribution is 2.40. The first-order chi connectivity index (χ1) is 22.2. The van der Waals surface area contributed by atoms with Gasteiger partial charge in [-0.3, -0.25) is 24.3 Å². The van der Waals surface area contributed by atoms with Crippen molar-refractivity contribution in [3.05, 3.63) is 125 Å². The minimum absolute atomic E-state index is 0.0406. The number of allylic oxidation sites excluding steroid dienone is 1. The lowest BCUT2D eigenvalue weighted by molar-refractivity contribution is -0.384. The molecule has 0 bridgehead atoms. The van der Waals surface area contributed by atoms with Crippen molar-refractivity contribution >= 4 is 39.8 Å². The lowest BCUT2D eigenvalue weighted by Crippen LogP contribution is -2.43. The average Bonchev–Trinajstić information content (AvgIpc) is 3.64. The molecule has 1 aliphatic heterocycles. The first-order valence-corrected chi connectivity index (χ1v) is 15.7. The smallest absolute Gasteiger partial charge is 0.271 e. The van der Waals surface area contributed by atoms with Crippen LogP contribution in [-0.2, 0) is 4.79 Å². The Bertz CT molecular complexity index is 2240. The summed E-state index contributed by atoms with van der Waals surface area (Å²) in [5.41, 5.74) is 2.69. The number of rotatable bonds is 8. The number of aryl methyl sites for hydroxylation is 1. The number of nitro groups is 1. The summed E-state index contributed by atoms with van der Waals surface area (Å²) in [4.78, 5) is 46.4. The maximum absolute atomic E-state index is 14.3. The van der Waals surface area contributed by atoms with Gasteiger partial charge in [-0.15, -0.1) is 0 Å². The summed E-state index contributed by atoms with van der Waals surface area (Å²) in [5, 5.41) is 13.2. The molecule has 1 aliphatic rings. The van der Waals surface area contributed by atoms with Crippen LogP contribution in [0.15, 0.2) is 92.2 Å². The van der Waals surface area contributed by atoms with E-state index in [1.54, 1.807) is 47.8 Å². The van der Waals surface area contributed by atoms with Gasteiger partial charge in [-0.25, -0.2) is 4.99 Å². The van der Waals surface area contributed by atoms with Crippen LogP contribution in [0.3, 0.4) is 0 Å². The first kappa shape index (κ1) is 30.7. The Balaban J connectivity index is 1.56. The summed E-state index contributed by atoms with van der Waals surface area (Å²) in [5.74, 6) is 1.21. The van der Waals surface area contributed by atoms with E-state index in [2.05, 4.69) is 0 Å². The number of amides is 1. The molecule has 0 N–H and O–H groups in total. The second-order valence-electron chi connectivity index (χ2n) is 10.9. The van der Waals surface area contributed by atoms with Gasteiger partial charge in [-0.1, -0.05) is 47.7 Å². The number of fused-ring (bicyclic) bond motifs is 2. The van der Waals surface area contributed by atoms with Gasteiger partial charge in [0, 0.05) is 42.4 Å². The van der Waals surface area contributed by atoms with E-state index in [-0.39, 0.29) is 17.2 Å². The van der Waals surface area contributed by atoms with Crippen molar-refractivity contribution in [1.82, 2.24) is 9.47 Å². The molecule has 1 atom stereocenters. The maximum Gasteiger partial charge on any atom is 0.271 e. The average molecular weight is 637 g/mol. The zero-order valence-electron chi connectivity index (χ0n) is 26.1. The number of thiazole rings is 1. The highest BCUT2D eigenvalue weighted by Gasteiger charge is 2.36. The third-order valence-corrected chi connectivity index (χ3v) is 9.31. The number of nitro benzene ring substituents is 1. The third kappa shape index (κ3) is 5.22. The molecule has 0 aliphatic carbocycles. The summed E-state index contributed by atoms with van der Waals surface area (Å²) < 4.78 is 13.9. The van der Waals surface area contributed by atoms with Gasteiger partial charge in [0.25, 0.3) is 17.2 Å². The number of methoxy groups -OCH3 is 1. The van der Waals surface area contributed by atoms with Crippen LogP contribution in [0, 0.1) is 17.0 Å². The van der Waals surface area contributed by atoms with E-state index in [0.717, 1.165) is 16.3 Å². The fourth-order valence-electron chi connectivity index (χ4n) is 5.98. The molecule has 0 saturated carbocycles. The number of likely N-dealkylation sites (N-methyl/N-ethyl adjacent to an activating group) is 1. The number of non-ortho nitro benzene ring substituents is 1. The van der Waals surface area contributed by atoms with E-state index in [4.69, 9.17) is 14.1 Å². The zero-order valence-corrected chi connectivity index (χ0v) is 26.9. The molecule has 0 spiro atoms. The summed E-state index contributed by atoms with van der Waals surface area (Å²) in [6.45, 7) is 8.50. The number of nitrogens with zero attached hydrogens (tertiary/aromatic N) is 4. The SMILES string of the molecule is CCN(CC)C(=O)C1=C(C)N=c2s/c(=C/c3ccc(-c4cc([N+](=O)[O-])ccc4C)o3)c(=O)n2[C@H]1c1c(OC)ccc2ccccc12. The summed E-state index contributed by atoms with van der Waals surface area (Å²) in [6, 6.07) is 18.9. The second-order valence-corrected chi connectivity index (χ2v) is 11.9. The second kappa shape index (κ2) is 12.2. The van der Waals surface area contributed by atoms with Crippen molar-refractivity contribution in [2.45, 2.75) is 33.7 Å². The number of furan rings is 1. The Hall–Kier alpha value is -5.29. The molecule has 46 heavy (non-hydrogen) atoms. The fourth-order valence-corrected chi connectivity index (χ4v) is 7.01. The van der Waals surface area contributed by atoms with Gasteiger partial charge in [-0.05, 0) is 62.2 Å². The van der Waals surface area contributed by atoms with Gasteiger partial charge in [0.1, 0.15) is 23.3 Å². The molecule has 10 nitrogen and oxygen atoms in total. The monoisotopic (exact) mass is 636 g/mol. The zero-order chi connectivity index (χ0) is 32.7. The third-order valence-electron chi connectivity index (χ3n) is 8.32. The normalized spacial score (nSPS) is 14.7. The standard InChI is InChI=1S/C35H32N4O6S/c1-6-37(7-2)34(41)30-21(4)36-35-38(32(30)31-25-11-9-8-10-22(25)13-16-28(31)44-5)33(40)29(46-35)19-24-15-17-27(45-24)26-18-23(39(42)43)14-12-20(26)3/h8-19,32H,6-7H2,1-5H3/b29-19+/t32-/m1/s1. The fraction of sp³-hybridized carbons (Fsp3) is 0.229. The van der Waals surface area contributed by atoms with Crippen molar-refractivity contribution in [3.63, 3.8) is 0 Å². The summed E-state index contributed by atoms with van der Waals surface area (Å²) in [6.07, 6.45) is 1.64. The number of hydrogen-bond donors (Lipinski definition) is 0. The number of benzene rings is 3. The number of carbonyl (C=O) groups excluding carboxylic acids is 1. The van der Waals surface area contributed by atoms with Crippen LogP contribution >= 0.6 is 11.3 Å².